The first-order valence-electron chi connectivity index (χ1n) is 15.5. The van der Waals surface area contributed by atoms with Gasteiger partial charge in [0, 0.05) is 28.4 Å². The zero-order valence-corrected chi connectivity index (χ0v) is 24.4. The minimum absolute atomic E-state index is 0.435. The molecule has 0 unspecified atom stereocenters. The molecule has 0 bridgehead atoms. The van der Waals surface area contributed by atoms with Crippen LogP contribution < -0.4 is 0 Å². The molecule has 0 aliphatic heterocycles. The summed E-state index contributed by atoms with van der Waals surface area (Å²) in [4.78, 5) is 0. The summed E-state index contributed by atoms with van der Waals surface area (Å²) in [5.74, 6) is 0.917. The van der Waals surface area contributed by atoms with Crippen LogP contribution >= 0.6 is 0 Å². The number of hydrogen-bond acceptors (Lipinski definition) is 1. The van der Waals surface area contributed by atoms with Crippen molar-refractivity contribution in [2.24, 2.45) is 0 Å². The second-order valence-electron chi connectivity index (χ2n) is 12.1. The molecular weight excluding hydrogens is 546 g/mol. The van der Waals surface area contributed by atoms with Crippen molar-refractivity contribution in [3.8, 4) is 16.9 Å². The number of aromatic nitrogens is 3. The molecule has 1 aliphatic rings. The average molecular weight is 574 g/mol. The lowest BCUT2D eigenvalue weighted by Gasteiger charge is -2.33. The number of nitrogens with zero attached hydrogens (tertiary/aromatic N) is 3. The maximum Gasteiger partial charge on any atom is 0.160 e. The van der Waals surface area contributed by atoms with Crippen LogP contribution in [0.15, 0.2) is 164 Å². The van der Waals surface area contributed by atoms with Gasteiger partial charge in [-0.05, 0) is 63.0 Å². The Kier molecular flexibility index (Phi) is 4.92. The van der Waals surface area contributed by atoms with E-state index < -0.39 is 5.41 Å². The number of rotatable bonds is 3. The van der Waals surface area contributed by atoms with Gasteiger partial charge in [0.1, 0.15) is 0 Å². The number of fused-ring (bicyclic) bond motifs is 8. The molecule has 3 aromatic heterocycles. The van der Waals surface area contributed by atoms with Crippen LogP contribution in [0.3, 0.4) is 0 Å². The maximum atomic E-state index is 5.15. The fourth-order valence-corrected chi connectivity index (χ4v) is 7.92. The van der Waals surface area contributed by atoms with E-state index in [9.17, 15) is 0 Å². The van der Waals surface area contributed by atoms with Crippen LogP contribution in [0.2, 0.25) is 0 Å². The van der Waals surface area contributed by atoms with E-state index in [0.717, 1.165) is 22.4 Å². The Labute approximate surface area is 260 Å². The van der Waals surface area contributed by atoms with Gasteiger partial charge < -0.3 is 0 Å². The maximum absolute atomic E-state index is 5.15. The summed E-state index contributed by atoms with van der Waals surface area (Å²) in [6.45, 7) is 0. The van der Waals surface area contributed by atoms with Crippen LogP contribution in [0.5, 0.6) is 0 Å². The monoisotopic (exact) mass is 573 g/mol. The highest BCUT2D eigenvalue weighted by Gasteiger charge is 2.46. The van der Waals surface area contributed by atoms with Crippen LogP contribution in [-0.2, 0) is 5.41 Å². The van der Waals surface area contributed by atoms with E-state index in [2.05, 4.69) is 168 Å². The van der Waals surface area contributed by atoms with E-state index in [1.165, 1.54) is 54.9 Å². The molecule has 0 amide bonds. The lowest BCUT2D eigenvalue weighted by molar-refractivity contribution is 0.769. The number of pyridine rings is 1. The van der Waals surface area contributed by atoms with Crippen molar-refractivity contribution in [1.82, 2.24) is 14.2 Å². The molecule has 3 nitrogen and oxygen atoms in total. The first-order valence-corrected chi connectivity index (χ1v) is 15.5. The van der Waals surface area contributed by atoms with Gasteiger partial charge >= 0.3 is 0 Å². The molecular formula is C42H27N3. The number of hydrogen-bond donors (Lipinski definition) is 0. The third-order valence-corrected chi connectivity index (χ3v) is 9.79. The number of benzene rings is 6. The van der Waals surface area contributed by atoms with E-state index in [1.807, 2.05) is 4.52 Å². The molecule has 6 aromatic carbocycles. The molecule has 0 atom stereocenters. The Balaban J connectivity index is 1.33. The van der Waals surface area contributed by atoms with Crippen molar-refractivity contribution < 1.29 is 0 Å². The third-order valence-electron chi connectivity index (χ3n) is 9.79. The Morgan fingerprint density at radius 2 is 1.13 bits per heavy atom. The average Bonchev–Trinajstić information content (AvgIpc) is 3.75. The summed E-state index contributed by atoms with van der Waals surface area (Å²) in [5.41, 5.74) is 10.7. The van der Waals surface area contributed by atoms with Crippen molar-refractivity contribution in [3.05, 3.63) is 186 Å². The van der Waals surface area contributed by atoms with Crippen molar-refractivity contribution in [1.29, 1.82) is 0 Å². The Bertz CT molecular complexity index is 2500. The number of para-hydroxylation sites is 1. The molecule has 1 aliphatic carbocycles. The SMILES string of the molecule is c1ccc(C2(c3ccccc3)c3ccccc3-c3cc4c(cc32)c2ccccc2n4-c2cc3cc4ccccc4cn3n2)cc1. The third kappa shape index (κ3) is 3.27. The summed E-state index contributed by atoms with van der Waals surface area (Å²) in [7, 11) is 0. The summed E-state index contributed by atoms with van der Waals surface area (Å²) in [5, 5.41) is 9.99. The van der Waals surface area contributed by atoms with Gasteiger partial charge in [0.05, 0.1) is 22.0 Å². The fraction of sp³-hybridized carbons (Fsp3) is 0.0238. The zero-order chi connectivity index (χ0) is 29.5. The lowest BCUT2D eigenvalue weighted by Crippen LogP contribution is -2.28. The van der Waals surface area contributed by atoms with Crippen LogP contribution in [0, 0.1) is 0 Å². The molecule has 0 spiro atoms. The van der Waals surface area contributed by atoms with Gasteiger partial charge in [0.2, 0.25) is 0 Å². The van der Waals surface area contributed by atoms with E-state index in [1.54, 1.807) is 0 Å². The fourth-order valence-electron chi connectivity index (χ4n) is 7.92. The van der Waals surface area contributed by atoms with E-state index in [4.69, 9.17) is 5.10 Å². The normalized spacial score (nSPS) is 13.5. The summed E-state index contributed by atoms with van der Waals surface area (Å²) < 4.78 is 4.35. The predicted octanol–water partition coefficient (Wildman–Crippen LogP) is 9.95. The van der Waals surface area contributed by atoms with Gasteiger partial charge in [0.15, 0.2) is 5.82 Å². The van der Waals surface area contributed by atoms with Gasteiger partial charge in [-0.3, -0.25) is 4.57 Å². The van der Waals surface area contributed by atoms with Crippen LogP contribution in [-0.4, -0.2) is 14.2 Å². The van der Waals surface area contributed by atoms with Crippen LogP contribution in [0.1, 0.15) is 22.3 Å². The molecule has 3 heterocycles. The standard InChI is InChI=1S/C42H27N3/c1-3-15-30(16-4-1)42(31-17-5-2-6-18-31)37-21-11-9-19-33(37)35-26-40-36(25-38(35)42)34-20-10-12-22-39(34)45(40)41-24-32-23-28-13-7-8-14-29(28)27-44(32)43-41/h1-27H. The molecule has 0 fully saturated rings. The van der Waals surface area contributed by atoms with E-state index in [0.29, 0.717) is 0 Å². The van der Waals surface area contributed by atoms with Gasteiger partial charge in [-0.25, -0.2) is 4.52 Å². The molecule has 9 aromatic rings. The first kappa shape index (κ1) is 24.5. The summed E-state index contributed by atoms with van der Waals surface area (Å²) in [6, 6.07) is 57.5. The minimum atomic E-state index is -0.435. The molecule has 3 heteroatoms. The highest BCUT2D eigenvalue weighted by Crippen LogP contribution is 2.57. The topological polar surface area (TPSA) is 22.2 Å². The second-order valence-corrected chi connectivity index (χ2v) is 12.1. The van der Waals surface area contributed by atoms with E-state index >= 15 is 0 Å². The molecule has 0 saturated heterocycles. The smallest absolute Gasteiger partial charge is 0.160 e. The van der Waals surface area contributed by atoms with Crippen LogP contribution in [0.4, 0.5) is 0 Å². The summed E-state index contributed by atoms with van der Waals surface area (Å²) in [6.07, 6.45) is 2.13. The van der Waals surface area contributed by atoms with Gasteiger partial charge in [-0.15, -0.1) is 5.10 Å². The lowest BCUT2D eigenvalue weighted by atomic mass is 9.67. The van der Waals surface area contributed by atoms with Crippen molar-refractivity contribution in [3.63, 3.8) is 0 Å². The van der Waals surface area contributed by atoms with Gasteiger partial charge in [0.25, 0.3) is 0 Å². The Hall–Kier alpha value is -5.93. The summed E-state index contributed by atoms with van der Waals surface area (Å²) >= 11 is 0. The first-order chi connectivity index (χ1) is 22.3. The molecule has 0 radical (unpaired) electrons. The zero-order valence-electron chi connectivity index (χ0n) is 24.4. The largest absolute Gasteiger partial charge is 0.292 e. The molecule has 0 N–H and O–H groups in total. The van der Waals surface area contributed by atoms with E-state index in [-0.39, 0.29) is 0 Å². The van der Waals surface area contributed by atoms with Gasteiger partial charge in [-0.1, -0.05) is 127 Å². The Morgan fingerprint density at radius 3 is 1.93 bits per heavy atom. The van der Waals surface area contributed by atoms with Crippen LogP contribution in [0.25, 0.3) is 55.0 Å². The highest BCUT2D eigenvalue weighted by atomic mass is 15.3. The molecule has 10 rings (SSSR count). The quantitative estimate of drug-likeness (QED) is 0.206. The van der Waals surface area contributed by atoms with Crippen molar-refractivity contribution in [2.75, 3.05) is 0 Å². The van der Waals surface area contributed by atoms with Gasteiger partial charge in [-0.2, -0.15) is 0 Å². The molecule has 45 heavy (non-hydrogen) atoms. The Morgan fingerprint density at radius 1 is 0.467 bits per heavy atom. The predicted molar refractivity (Wildman–Crippen MR) is 184 cm³/mol. The second kappa shape index (κ2) is 9.04. The van der Waals surface area contributed by atoms with Crippen molar-refractivity contribution in [2.45, 2.75) is 5.41 Å². The van der Waals surface area contributed by atoms with Crippen molar-refractivity contribution >= 4 is 38.1 Å². The highest BCUT2D eigenvalue weighted by molar-refractivity contribution is 6.11. The molecule has 0 saturated carbocycles. The molecule has 210 valence electrons. The minimum Gasteiger partial charge on any atom is -0.292 e.